The number of benzene rings is 2. The van der Waals surface area contributed by atoms with Gasteiger partial charge >= 0.3 is 101 Å². The average Bonchev–Trinajstić information content (AvgIpc) is 3.50. The van der Waals surface area contributed by atoms with Crippen LogP contribution in [-0.4, -0.2) is 29.6 Å². The molecule has 11 heteroatoms. The van der Waals surface area contributed by atoms with Gasteiger partial charge in [0, 0.05) is 16.1 Å². The van der Waals surface area contributed by atoms with E-state index in [4.69, 9.17) is 39.5 Å². The van der Waals surface area contributed by atoms with Crippen molar-refractivity contribution >= 4 is 11.6 Å². The fraction of sp³-hybridized carbons (Fsp3) is 0.231. The molecule has 1 unspecified atom stereocenters. The van der Waals surface area contributed by atoms with Crippen molar-refractivity contribution in [3.63, 3.8) is 0 Å². The Kier molecular flexibility index (Phi) is 46.3. The number of likely N-dealkylation sites (tertiary alicyclic amines) is 1. The van der Waals surface area contributed by atoms with Crippen LogP contribution in [0.4, 0.5) is 0 Å². The third-order valence-electron chi connectivity index (χ3n) is 4.22. The van der Waals surface area contributed by atoms with Gasteiger partial charge in [-0.1, -0.05) is 65.9 Å². The maximum atomic E-state index is 11.3. The summed E-state index contributed by atoms with van der Waals surface area (Å²) < 4.78 is 45.0. The molecule has 8 nitrogen and oxygen atoms in total. The van der Waals surface area contributed by atoms with E-state index >= 15 is 0 Å². The van der Waals surface area contributed by atoms with E-state index in [0.29, 0.717) is 11.6 Å². The van der Waals surface area contributed by atoms with E-state index in [0.717, 1.165) is 24.2 Å². The van der Waals surface area contributed by atoms with Crippen LogP contribution in [0, 0.1) is 51.7 Å². The van der Waals surface area contributed by atoms with Crippen LogP contribution in [0.2, 0.25) is 5.02 Å². The van der Waals surface area contributed by atoms with Gasteiger partial charge in [0.2, 0.25) is 0 Å². The van der Waals surface area contributed by atoms with Crippen LogP contribution in [0.25, 0.3) is 0 Å². The molecule has 1 aliphatic rings. The van der Waals surface area contributed by atoms with Crippen LogP contribution >= 0.6 is 11.6 Å². The molecule has 0 aromatic heterocycles. The fourth-order valence-corrected chi connectivity index (χ4v) is 3.03. The third kappa shape index (κ3) is 19.4. The van der Waals surface area contributed by atoms with Crippen LogP contribution in [0.3, 0.4) is 0 Å². The molecule has 37 heavy (non-hydrogen) atoms. The Hall–Kier alpha value is -2.34. The van der Waals surface area contributed by atoms with Crippen molar-refractivity contribution in [3.05, 3.63) is 111 Å². The number of rotatable bonds is 3. The molecular weight excluding hydrogens is 592 g/mol. The molecule has 3 rings (SSSR count). The largest absolute Gasteiger partial charge is 3.00 e. The summed E-state index contributed by atoms with van der Waals surface area (Å²) in [6.07, 6.45) is 2.48. The maximum absolute atomic E-state index is 11.3. The summed E-state index contributed by atoms with van der Waals surface area (Å²) in [6.45, 7) is 29.9. The van der Waals surface area contributed by atoms with E-state index in [1.54, 1.807) is 12.1 Å². The number of hydrogen-bond acceptors (Lipinski definition) is 2. The molecule has 1 aliphatic heterocycles. The molecule has 0 amide bonds. The predicted octanol–water partition coefficient (Wildman–Crippen LogP) is 3.45. The van der Waals surface area contributed by atoms with Crippen molar-refractivity contribution < 1.29 is 66.6 Å². The first-order valence-electron chi connectivity index (χ1n) is 9.17. The van der Waals surface area contributed by atoms with Crippen molar-refractivity contribution in [1.29, 1.82) is 0 Å². The van der Waals surface area contributed by atoms with Gasteiger partial charge < -0.3 is 5.11 Å². The first-order valence-corrected chi connectivity index (χ1v) is 9.55. The molecule has 1 atom stereocenters. The second-order valence-corrected chi connectivity index (χ2v) is 6.30. The second-order valence-electron chi connectivity index (χ2n) is 5.87. The van der Waals surface area contributed by atoms with Gasteiger partial charge in [-0.2, -0.15) is 0 Å². The molecule has 0 spiro atoms. The smallest absolute Gasteiger partial charge is 3.00 e. The Balaban J connectivity index is -0.000000152. The van der Waals surface area contributed by atoms with E-state index in [2.05, 4.69) is 56.6 Å². The summed E-state index contributed by atoms with van der Waals surface area (Å²) in [6, 6.07) is 16.8. The van der Waals surface area contributed by atoms with Gasteiger partial charge in [-0.25, -0.2) is 0 Å². The first-order chi connectivity index (χ1) is 17.2. The monoisotopic (exact) mass is 611 g/mol. The molecule has 0 radical (unpaired) electrons. The zero-order chi connectivity index (χ0) is 28.1. The van der Waals surface area contributed by atoms with Crippen LogP contribution in [0.5, 0.6) is 0 Å². The molecule has 1 N–H and O–H groups in total. The Morgan fingerprint density at radius 3 is 1.49 bits per heavy atom. The molecule has 0 saturated carbocycles. The zero-order valence-corrected chi connectivity index (χ0v) is 22.0. The normalized spacial score (nSPS) is 11.1. The second kappa shape index (κ2) is 35.8. The minimum absolute atomic E-state index is 0. The maximum Gasteiger partial charge on any atom is 3.00 e. The van der Waals surface area contributed by atoms with Crippen LogP contribution < -0.4 is 0 Å². The molecule has 2 aromatic rings. The first kappa shape index (κ1) is 47.8. The van der Waals surface area contributed by atoms with Gasteiger partial charge in [-0.05, 0) is 38.1 Å². The Morgan fingerprint density at radius 2 is 1.08 bits per heavy atom. The molecular formula is C26H20ClCo2NO7+6. The van der Waals surface area contributed by atoms with Gasteiger partial charge in [-0.3, -0.25) is 4.90 Å². The molecule has 1 saturated heterocycles. The molecule has 2 aromatic carbocycles. The van der Waals surface area contributed by atoms with Crippen molar-refractivity contribution in [2.24, 2.45) is 0 Å². The molecule has 0 aliphatic carbocycles. The summed E-state index contributed by atoms with van der Waals surface area (Å²) in [5.74, 6) is 6.27. The van der Waals surface area contributed by atoms with Crippen molar-refractivity contribution in [2.45, 2.75) is 18.4 Å². The number of hydrogen-bond donors (Lipinski definition) is 1. The van der Waals surface area contributed by atoms with E-state index < -0.39 is 5.60 Å². The van der Waals surface area contributed by atoms with Crippen LogP contribution in [0.1, 0.15) is 24.0 Å². The fourth-order valence-electron chi connectivity index (χ4n) is 2.90. The van der Waals surface area contributed by atoms with Crippen LogP contribution in [-0.2, 0) is 67.1 Å². The Labute approximate surface area is 242 Å². The molecule has 190 valence electrons. The van der Waals surface area contributed by atoms with Gasteiger partial charge in [0.25, 0.3) is 0 Å². The van der Waals surface area contributed by atoms with E-state index in [1.807, 2.05) is 42.5 Å². The summed E-state index contributed by atoms with van der Waals surface area (Å²) in [5, 5.41) is 11.9. The van der Waals surface area contributed by atoms with Gasteiger partial charge in [0.15, 0.2) is 5.60 Å². The van der Waals surface area contributed by atoms with Crippen molar-refractivity contribution in [3.8, 4) is 11.8 Å². The Morgan fingerprint density at radius 1 is 0.703 bits per heavy atom. The number of nitrogens with zero attached hydrogens (tertiary/aromatic N) is 1. The topological polar surface area (TPSA) is 143 Å². The molecule has 1 fully saturated rings. The van der Waals surface area contributed by atoms with Gasteiger partial charge in [0.1, 0.15) is 0 Å². The van der Waals surface area contributed by atoms with Gasteiger partial charge in [-0.15, -0.1) is 0 Å². The minimum atomic E-state index is -1.31. The van der Waals surface area contributed by atoms with E-state index in [1.165, 1.54) is 12.8 Å². The van der Waals surface area contributed by atoms with E-state index in [-0.39, 0.29) is 33.6 Å². The number of halogens is 1. The van der Waals surface area contributed by atoms with E-state index in [9.17, 15) is 5.11 Å². The average molecular weight is 612 g/mol. The summed E-state index contributed by atoms with van der Waals surface area (Å²) in [7, 11) is 0. The van der Waals surface area contributed by atoms with Crippen molar-refractivity contribution in [1.82, 2.24) is 4.90 Å². The molecule has 1 heterocycles. The van der Waals surface area contributed by atoms with Crippen LogP contribution in [0.15, 0.2) is 54.6 Å². The SMILES string of the molecule is OC(C#CCN1CCCC1)(c1ccccc1)c1ccc(Cl)cc1.[C-]#[O+].[C-]#[O+].[C-]#[O+].[C-]#[O+].[C-]#[O+].[C-]#[O+].[Co+3].[Co+3]. The zero-order valence-electron chi connectivity index (χ0n) is 19.1. The molecule has 0 bridgehead atoms. The standard InChI is InChI=1S/C20H20ClNO.6CO.2Co/c21-19-11-9-18(10-12-19)20(23,17-7-2-1-3-8-17)13-6-16-22-14-4-5-15-22;6*1-2;;/h1-3,7-12,23H,4-5,14-16H2;;;;;;;;/q;;;;;;;2*+3. The number of aliphatic hydroxyl groups is 1. The van der Waals surface area contributed by atoms with Gasteiger partial charge in [0.05, 0.1) is 6.54 Å². The van der Waals surface area contributed by atoms with Crippen molar-refractivity contribution in [2.75, 3.05) is 19.6 Å². The quantitative estimate of drug-likeness (QED) is 0.322. The summed E-state index contributed by atoms with van der Waals surface area (Å²) in [4.78, 5) is 2.32. The summed E-state index contributed by atoms with van der Waals surface area (Å²) in [5.41, 5.74) is 0.198. The summed E-state index contributed by atoms with van der Waals surface area (Å²) >= 11 is 5.97. The third-order valence-corrected chi connectivity index (χ3v) is 4.48. The Bertz CT molecular complexity index is 926. The minimum Gasteiger partial charge on any atom is 3.00 e. The predicted molar refractivity (Wildman–Crippen MR) is 118 cm³/mol.